The van der Waals surface area contributed by atoms with Crippen molar-refractivity contribution in [2.45, 2.75) is 11.8 Å². The van der Waals surface area contributed by atoms with E-state index in [2.05, 4.69) is 53.9 Å². The van der Waals surface area contributed by atoms with Crippen LogP contribution < -0.4 is 4.74 Å². The molecule has 1 unspecified atom stereocenters. The van der Waals surface area contributed by atoms with Crippen LogP contribution in [0.25, 0.3) is 0 Å². The summed E-state index contributed by atoms with van der Waals surface area (Å²) in [6.07, 6.45) is 0. The van der Waals surface area contributed by atoms with Crippen molar-refractivity contribution in [1.29, 1.82) is 0 Å². The van der Waals surface area contributed by atoms with Crippen molar-refractivity contribution in [3.63, 3.8) is 0 Å². The SMILES string of the molecule is COc1cc(C)c(Br)cc1C(Br)c1ccc(Br)cc1Cl. The van der Waals surface area contributed by atoms with Gasteiger partial charge in [0.05, 0.1) is 11.9 Å². The van der Waals surface area contributed by atoms with Gasteiger partial charge in [-0.25, -0.2) is 0 Å². The van der Waals surface area contributed by atoms with Crippen LogP contribution in [-0.2, 0) is 0 Å². The normalized spacial score (nSPS) is 12.3. The van der Waals surface area contributed by atoms with Crippen molar-refractivity contribution in [3.8, 4) is 5.75 Å². The molecule has 0 aliphatic carbocycles. The molecule has 1 atom stereocenters. The van der Waals surface area contributed by atoms with E-state index in [9.17, 15) is 0 Å². The summed E-state index contributed by atoms with van der Waals surface area (Å²) < 4.78 is 7.49. The van der Waals surface area contributed by atoms with Gasteiger partial charge in [-0.3, -0.25) is 0 Å². The molecule has 2 rings (SSSR count). The van der Waals surface area contributed by atoms with Crippen molar-refractivity contribution in [2.75, 3.05) is 7.11 Å². The molecule has 0 aliphatic rings. The number of ether oxygens (including phenoxy) is 1. The summed E-state index contributed by atoms with van der Waals surface area (Å²) in [4.78, 5) is -0.0325. The second-order valence-electron chi connectivity index (χ2n) is 4.37. The van der Waals surface area contributed by atoms with E-state index in [1.807, 2.05) is 31.2 Å². The Kier molecular flexibility index (Phi) is 5.57. The van der Waals surface area contributed by atoms with Gasteiger partial charge in [0.25, 0.3) is 0 Å². The van der Waals surface area contributed by atoms with Crippen molar-refractivity contribution in [1.82, 2.24) is 0 Å². The standard InChI is InChI=1S/C15H12Br3ClO/c1-8-5-14(20-2)11(7-12(8)17)15(18)10-4-3-9(16)6-13(10)19/h3-7,15H,1-2H3. The van der Waals surface area contributed by atoms with Gasteiger partial charge in [-0.15, -0.1) is 0 Å². The number of halogens is 4. The summed E-state index contributed by atoms with van der Waals surface area (Å²) in [5.74, 6) is 0.839. The van der Waals surface area contributed by atoms with Gasteiger partial charge in [-0.05, 0) is 42.3 Å². The average molecular weight is 483 g/mol. The maximum atomic E-state index is 6.33. The first-order chi connectivity index (χ1) is 9.43. The predicted molar refractivity (Wildman–Crippen MR) is 95.4 cm³/mol. The maximum Gasteiger partial charge on any atom is 0.123 e. The molecule has 2 aromatic carbocycles. The molecule has 0 amide bonds. The minimum Gasteiger partial charge on any atom is -0.496 e. The zero-order valence-electron chi connectivity index (χ0n) is 10.9. The van der Waals surface area contributed by atoms with E-state index in [-0.39, 0.29) is 4.83 Å². The average Bonchev–Trinajstić information content (AvgIpc) is 2.40. The molecule has 0 radical (unpaired) electrons. The highest BCUT2D eigenvalue weighted by Gasteiger charge is 2.19. The molecule has 2 aromatic rings. The number of methoxy groups -OCH3 is 1. The van der Waals surface area contributed by atoms with Crippen LogP contribution >= 0.6 is 59.4 Å². The number of aryl methyl sites for hydroxylation is 1. The molecular formula is C15H12Br3ClO. The first kappa shape index (κ1) is 16.3. The highest BCUT2D eigenvalue weighted by molar-refractivity contribution is 9.11. The van der Waals surface area contributed by atoms with E-state index in [1.165, 1.54) is 0 Å². The van der Waals surface area contributed by atoms with E-state index in [1.54, 1.807) is 7.11 Å². The van der Waals surface area contributed by atoms with Crippen LogP contribution in [0.5, 0.6) is 5.75 Å². The lowest BCUT2D eigenvalue weighted by atomic mass is 10.0. The molecular weight excluding hydrogens is 471 g/mol. The summed E-state index contributed by atoms with van der Waals surface area (Å²) in [6.45, 7) is 2.03. The molecule has 0 N–H and O–H groups in total. The fraction of sp³-hybridized carbons (Fsp3) is 0.200. The van der Waals surface area contributed by atoms with Crippen molar-refractivity contribution in [2.24, 2.45) is 0 Å². The number of rotatable bonds is 3. The minimum atomic E-state index is -0.0325. The lowest BCUT2D eigenvalue weighted by Crippen LogP contribution is -1.99. The van der Waals surface area contributed by atoms with Crippen molar-refractivity contribution >= 4 is 59.4 Å². The van der Waals surface area contributed by atoms with Crippen LogP contribution in [0.4, 0.5) is 0 Å². The topological polar surface area (TPSA) is 9.23 Å². The van der Waals surface area contributed by atoms with Crippen LogP contribution in [0.3, 0.4) is 0 Å². The van der Waals surface area contributed by atoms with Crippen molar-refractivity contribution < 1.29 is 4.74 Å². The Bertz CT molecular complexity index is 643. The summed E-state index contributed by atoms with van der Waals surface area (Å²) in [6, 6.07) is 9.94. The van der Waals surface area contributed by atoms with E-state index < -0.39 is 0 Å². The van der Waals surface area contributed by atoms with E-state index in [0.29, 0.717) is 5.02 Å². The number of hydrogen-bond acceptors (Lipinski definition) is 1. The minimum absolute atomic E-state index is 0.0325. The highest BCUT2D eigenvalue weighted by Crippen LogP contribution is 2.42. The van der Waals surface area contributed by atoms with Crippen LogP contribution in [0.15, 0.2) is 39.3 Å². The number of hydrogen-bond donors (Lipinski definition) is 0. The molecule has 0 fully saturated rings. The molecule has 5 heteroatoms. The Balaban J connectivity index is 2.52. The first-order valence-corrected chi connectivity index (χ1v) is 8.75. The summed E-state index contributed by atoms with van der Waals surface area (Å²) in [5, 5.41) is 0.708. The maximum absolute atomic E-state index is 6.33. The van der Waals surface area contributed by atoms with Crippen LogP contribution in [0, 0.1) is 6.92 Å². The third-order valence-electron chi connectivity index (χ3n) is 3.02. The molecule has 0 spiro atoms. The largest absolute Gasteiger partial charge is 0.496 e. The fourth-order valence-corrected chi connectivity index (χ4v) is 3.95. The molecule has 0 saturated heterocycles. The van der Waals surface area contributed by atoms with E-state index in [0.717, 1.165) is 31.4 Å². The van der Waals surface area contributed by atoms with Gasteiger partial charge in [0.15, 0.2) is 0 Å². The molecule has 106 valence electrons. The second-order valence-corrected chi connectivity index (χ2v) is 7.46. The zero-order chi connectivity index (χ0) is 14.9. The van der Waals surface area contributed by atoms with Gasteiger partial charge in [0, 0.05) is 19.5 Å². The summed E-state index contributed by atoms with van der Waals surface area (Å²) in [5.41, 5.74) is 3.17. The predicted octanol–water partition coefficient (Wildman–Crippen LogP) is 6.67. The Labute approximate surface area is 149 Å². The third kappa shape index (κ3) is 3.41. The van der Waals surface area contributed by atoms with Gasteiger partial charge >= 0.3 is 0 Å². The zero-order valence-corrected chi connectivity index (χ0v) is 16.4. The van der Waals surface area contributed by atoms with Crippen LogP contribution in [0.1, 0.15) is 21.5 Å². The second kappa shape index (κ2) is 6.82. The van der Waals surface area contributed by atoms with Crippen molar-refractivity contribution in [3.05, 3.63) is 61.0 Å². The number of benzene rings is 2. The number of alkyl halides is 1. The Hall–Kier alpha value is -0.0300. The first-order valence-electron chi connectivity index (χ1n) is 5.87. The fourth-order valence-electron chi connectivity index (χ4n) is 1.92. The third-order valence-corrected chi connectivity index (χ3v) is 5.68. The van der Waals surface area contributed by atoms with Gasteiger partial charge in [-0.2, -0.15) is 0 Å². The lowest BCUT2D eigenvalue weighted by Gasteiger charge is -2.17. The Morgan fingerprint density at radius 1 is 1.10 bits per heavy atom. The Morgan fingerprint density at radius 3 is 2.40 bits per heavy atom. The molecule has 0 aliphatic heterocycles. The molecule has 0 aromatic heterocycles. The Morgan fingerprint density at radius 2 is 1.80 bits per heavy atom. The summed E-state index contributed by atoms with van der Waals surface area (Å²) in [7, 11) is 1.68. The smallest absolute Gasteiger partial charge is 0.123 e. The van der Waals surface area contributed by atoms with Gasteiger partial charge in [0.1, 0.15) is 5.75 Å². The quantitative estimate of drug-likeness (QED) is 0.444. The van der Waals surface area contributed by atoms with E-state index in [4.69, 9.17) is 16.3 Å². The molecule has 0 heterocycles. The molecule has 1 nitrogen and oxygen atoms in total. The molecule has 20 heavy (non-hydrogen) atoms. The van der Waals surface area contributed by atoms with Gasteiger partial charge in [0.2, 0.25) is 0 Å². The molecule has 0 bridgehead atoms. The monoisotopic (exact) mass is 480 g/mol. The lowest BCUT2D eigenvalue weighted by molar-refractivity contribution is 0.410. The van der Waals surface area contributed by atoms with Gasteiger partial charge < -0.3 is 4.74 Å². The molecule has 0 saturated carbocycles. The van der Waals surface area contributed by atoms with E-state index >= 15 is 0 Å². The summed E-state index contributed by atoms with van der Waals surface area (Å²) >= 11 is 17.0. The van der Waals surface area contributed by atoms with Crippen LogP contribution in [0.2, 0.25) is 5.02 Å². The van der Waals surface area contributed by atoms with Gasteiger partial charge in [-0.1, -0.05) is 65.5 Å². The van der Waals surface area contributed by atoms with Crippen LogP contribution in [-0.4, -0.2) is 7.11 Å². The highest BCUT2D eigenvalue weighted by atomic mass is 79.9.